The highest BCUT2D eigenvalue weighted by molar-refractivity contribution is 7.89. The number of halogens is 2. The zero-order chi connectivity index (χ0) is 15.6. The summed E-state index contributed by atoms with van der Waals surface area (Å²) in [5.74, 6) is -1.00. The number of sulfonamides is 1. The highest BCUT2D eigenvalue weighted by atomic mass is 35.5. The number of benzene rings is 1. The van der Waals surface area contributed by atoms with Gasteiger partial charge in [-0.3, -0.25) is 0 Å². The van der Waals surface area contributed by atoms with Crippen molar-refractivity contribution in [3.63, 3.8) is 0 Å². The van der Waals surface area contributed by atoms with E-state index in [0.717, 1.165) is 6.07 Å². The Balaban J connectivity index is 2.36. The van der Waals surface area contributed by atoms with Gasteiger partial charge in [0, 0.05) is 0 Å². The molecule has 0 fully saturated rings. The van der Waals surface area contributed by atoms with Gasteiger partial charge in [0.25, 0.3) is 0 Å². The van der Waals surface area contributed by atoms with E-state index in [1.165, 1.54) is 12.3 Å². The summed E-state index contributed by atoms with van der Waals surface area (Å²) in [4.78, 5) is 10.7. The van der Waals surface area contributed by atoms with Crippen molar-refractivity contribution in [3.05, 3.63) is 51.9 Å². The molecule has 0 aliphatic rings. The SMILES string of the molecule is O=C(O)c1c(Cl)ccc(S(=O)(=O)NCc2ccco2)c1Cl. The Kier molecular flexibility index (Phi) is 4.58. The molecule has 2 N–H and O–H groups in total. The van der Waals surface area contributed by atoms with E-state index in [4.69, 9.17) is 32.7 Å². The first-order valence-corrected chi connectivity index (χ1v) is 7.80. The van der Waals surface area contributed by atoms with Crippen molar-refractivity contribution in [1.29, 1.82) is 0 Å². The van der Waals surface area contributed by atoms with E-state index in [0.29, 0.717) is 5.76 Å². The fourth-order valence-corrected chi connectivity index (χ4v) is 3.50. The summed E-state index contributed by atoms with van der Waals surface area (Å²) in [6.07, 6.45) is 1.40. The molecule has 1 aromatic heterocycles. The first-order valence-electron chi connectivity index (χ1n) is 5.56. The van der Waals surface area contributed by atoms with Crippen molar-refractivity contribution in [2.75, 3.05) is 0 Å². The fourth-order valence-electron chi connectivity index (χ4n) is 1.59. The number of carbonyl (C=O) groups is 1. The van der Waals surface area contributed by atoms with E-state index in [2.05, 4.69) is 4.72 Å². The standard InChI is InChI=1S/C12H9Cl2NO5S/c13-8-3-4-9(11(14)10(8)12(16)17)21(18,19)15-6-7-2-1-5-20-7/h1-5,15H,6H2,(H,16,17). The Labute approximate surface area is 130 Å². The van der Waals surface area contributed by atoms with Crippen LogP contribution >= 0.6 is 23.2 Å². The number of rotatable bonds is 5. The number of furan rings is 1. The van der Waals surface area contributed by atoms with E-state index in [-0.39, 0.29) is 16.5 Å². The third-order valence-corrected chi connectivity index (χ3v) is 4.84. The smallest absolute Gasteiger partial charge is 0.338 e. The Morgan fingerprint density at radius 1 is 1.29 bits per heavy atom. The lowest BCUT2D eigenvalue weighted by atomic mass is 10.2. The van der Waals surface area contributed by atoms with Crippen LogP contribution in [0, 0.1) is 0 Å². The van der Waals surface area contributed by atoms with Gasteiger partial charge in [0.1, 0.15) is 10.7 Å². The largest absolute Gasteiger partial charge is 0.478 e. The van der Waals surface area contributed by atoms with Crippen LogP contribution in [0.2, 0.25) is 10.0 Å². The predicted octanol–water partition coefficient (Wildman–Crippen LogP) is 2.76. The van der Waals surface area contributed by atoms with Crippen molar-refractivity contribution < 1.29 is 22.7 Å². The molecule has 0 atom stereocenters. The summed E-state index contributed by atoms with van der Waals surface area (Å²) in [7, 11) is -4.00. The van der Waals surface area contributed by atoms with Gasteiger partial charge in [-0.2, -0.15) is 0 Å². The van der Waals surface area contributed by atoms with E-state index in [1.54, 1.807) is 12.1 Å². The predicted molar refractivity (Wildman–Crippen MR) is 76.2 cm³/mol. The fraction of sp³-hybridized carbons (Fsp3) is 0.0833. The van der Waals surface area contributed by atoms with Crippen molar-refractivity contribution in [2.45, 2.75) is 11.4 Å². The molecule has 9 heteroatoms. The number of hydrogen-bond donors (Lipinski definition) is 2. The van der Waals surface area contributed by atoms with Crippen LogP contribution < -0.4 is 4.72 Å². The monoisotopic (exact) mass is 349 g/mol. The summed E-state index contributed by atoms with van der Waals surface area (Å²) < 4.78 is 31.6. The molecule has 0 amide bonds. The lowest BCUT2D eigenvalue weighted by molar-refractivity contribution is 0.0697. The van der Waals surface area contributed by atoms with Crippen LogP contribution in [-0.2, 0) is 16.6 Å². The van der Waals surface area contributed by atoms with E-state index >= 15 is 0 Å². The molecule has 0 saturated heterocycles. The van der Waals surface area contributed by atoms with Crippen LogP contribution in [0.1, 0.15) is 16.1 Å². The quantitative estimate of drug-likeness (QED) is 0.864. The van der Waals surface area contributed by atoms with Crippen molar-refractivity contribution >= 4 is 39.2 Å². The highest BCUT2D eigenvalue weighted by Crippen LogP contribution is 2.31. The summed E-state index contributed by atoms with van der Waals surface area (Å²) in [5, 5.41) is 8.43. The second kappa shape index (κ2) is 6.07. The lowest BCUT2D eigenvalue weighted by Gasteiger charge is -2.10. The van der Waals surface area contributed by atoms with Crippen molar-refractivity contribution in [2.24, 2.45) is 0 Å². The van der Waals surface area contributed by atoms with Crippen LogP contribution in [-0.4, -0.2) is 19.5 Å². The number of nitrogens with one attached hydrogen (secondary N) is 1. The molecular formula is C12H9Cl2NO5S. The Bertz CT molecular complexity index is 771. The average Bonchev–Trinajstić information content (AvgIpc) is 2.88. The maximum Gasteiger partial charge on any atom is 0.338 e. The minimum atomic E-state index is -4.00. The molecule has 21 heavy (non-hydrogen) atoms. The number of hydrogen-bond acceptors (Lipinski definition) is 4. The highest BCUT2D eigenvalue weighted by Gasteiger charge is 2.24. The van der Waals surface area contributed by atoms with Crippen molar-refractivity contribution in [1.82, 2.24) is 4.72 Å². The van der Waals surface area contributed by atoms with Gasteiger partial charge in [0.2, 0.25) is 10.0 Å². The van der Waals surface area contributed by atoms with E-state index in [1.807, 2.05) is 0 Å². The average molecular weight is 350 g/mol. The van der Waals surface area contributed by atoms with Crippen LogP contribution in [0.4, 0.5) is 0 Å². The zero-order valence-electron chi connectivity index (χ0n) is 10.3. The molecule has 2 rings (SSSR count). The van der Waals surface area contributed by atoms with Gasteiger partial charge in [-0.1, -0.05) is 23.2 Å². The summed E-state index contributed by atoms with van der Waals surface area (Å²) in [6.45, 7) is -0.0866. The van der Waals surface area contributed by atoms with Gasteiger partial charge in [-0.05, 0) is 24.3 Å². The molecule has 1 aromatic carbocycles. The maximum absolute atomic E-state index is 12.2. The van der Waals surface area contributed by atoms with Gasteiger partial charge in [-0.15, -0.1) is 0 Å². The van der Waals surface area contributed by atoms with Crippen LogP contribution in [0.3, 0.4) is 0 Å². The third-order valence-electron chi connectivity index (χ3n) is 2.58. The van der Waals surface area contributed by atoms with E-state index in [9.17, 15) is 13.2 Å². The first-order chi connectivity index (χ1) is 9.83. The van der Waals surface area contributed by atoms with Gasteiger partial charge in [0.05, 0.1) is 28.4 Å². The van der Waals surface area contributed by atoms with Crippen LogP contribution in [0.15, 0.2) is 39.8 Å². The Morgan fingerprint density at radius 3 is 2.57 bits per heavy atom. The molecule has 0 saturated carbocycles. The van der Waals surface area contributed by atoms with Gasteiger partial charge < -0.3 is 9.52 Å². The molecule has 2 aromatic rings. The summed E-state index contributed by atoms with van der Waals surface area (Å²) in [5.41, 5.74) is -0.459. The third kappa shape index (κ3) is 3.38. The van der Waals surface area contributed by atoms with Gasteiger partial charge in [0.15, 0.2) is 0 Å². The number of carboxylic acid groups (broad SMARTS) is 1. The Morgan fingerprint density at radius 2 is 2.00 bits per heavy atom. The molecule has 6 nitrogen and oxygen atoms in total. The second-order valence-corrected chi connectivity index (χ2v) is 6.46. The molecule has 0 aliphatic carbocycles. The van der Waals surface area contributed by atoms with Gasteiger partial charge >= 0.3 is 5.97 Å². The van der Waals surface area contributed by atoms with Gasteiger partial charge in [-0.25, -0.2) is 17.9 Å². The second-order valence-electron chi connectivity index (χ2n) is 3.94. The Hall–Kier alpha value is -1.54. The summed E-state index contributed by atoms with van der Waals surface area (Å²) in [6, 6.07) is 5.51. The molecule has 0 aliphatic heterocycles. The molecule has 0 spiro atoms. The minimum absolute atomic E-state index is 0.0866. The molecule has 112 valence electrons. The molecular weight excluding hydrogens is 341 g/mol. The molecule has 1 heterocycles. The normalized spacial score (nSPS) is 11.5. The van der Waals surface area contributed by atoms with Crippen LogP contribution in [0.5, 0.6) is 0 Å². The van der Waals surface area contributed by atoms with E-state index < -0.39 is 26.6 Å². The minimum Gasteiger partial charge on any atom is -0.478 e. The topological polar surface area (TPSA) is 96.6 Å². The zero-order valence-corrected chi connectivity index (χ0v) is 12.7. The van der Waals surface area contributed by atoms with Crippen molar-refractivity contribution in [3.8, 4) is 0 Å². The molecule has 0 bridgehead atoms. The molecule has 0 radical (unpaired) electrons. The first kappa shape index (κ1) is 15.8. The number of carboxylic acids is 1. The number of aromatic carboxylic acids is 1. The summed E-state index contributed by atoms with van der Waals surface area (Å²) >= 11 is 11.6. The maximum atomic E-state index is 12.2. The molecule has 0 unspecified atom stereocenters. The lowest BCUT2D eigenvalue weighted by Crippen LogP contribution is -2.23. The van der Waals surface area contributed by atoms with Crippen LogP contribution in [0.25, 0.3) is 0 Å².